The van der Waals surface area contributed by atoms with Gasteiger partial charge in [-0.15, -0.1) is 0 Å². The molecule has 2 rings (SSSR count). The minimum Gasteiger partial charge on any atom is -0.474 e. The van der Waals surface area contributed by atoms with Crippen LogP contribution in [-0.4, -0.2) is 11.1 Å². The van der Waals surface area contributed by atoms with E-state index in [0.29, 0.717) is 22.6 Å². The third kappa shape index (κ3) is 2.79. The first-order chi connectivity index (χ1) is 7.65. The summed E-state index contributed by atoms with van der Waals surface area (Å²) in [4.78, 5) is 4.13. The molecule has 1 aliphatic carbocycles. The fraction of sp³-hybridized carbons (Fsp3) is 0.583. The van der Waals surface area contributed by atoms with E-state index in [4.69, 9.17) is 22.1 Å². The van der Waals surface area contributed by atoms with Crippen molar-refractivity contribution in [1.82, 2.24) is 4.98 Å². The molecule has 1 saturated carbocycles. The van der Waals surface area contributed by atoms with Crippen LogP contribution in [0.5, 0.6) is 5.88 Å². The van der Waals surface area contributed by atoms with Gasteiger partial charge in [0, 0.05) is 11.8 Å². The molecule has 0 bridgehead atoms. The van der Waals surface area contributed by atoms with E-state index in [1.54, 1.807) is 12.1 Å². The number of nitrogens with zero attached hydrogens (tertiary/aromatic N) is 1. The fourth-order valence-corrected chi connectivity index (χ4v) is 2.37. The van der Waals surface area contributed by atoms with Gasteiger partial charge in [0.1, 0.15) is 11.3 Å². The molecule has 1 aromatic heterocycles. The van der Waals surface area contributed by atoms with E-state index in [1.165, 1.54) is 19.3 Å². The van der Waals surface area contributed by atoms with Crippen molar-refractivity contribution in [2.24, 2.45) is 5.92 Å². The number of nitrogens with two attached hydrogens (primary N) is 1. The molecule has 1 fully saturated rings. The third-order valence-electron chi connectivity index (χ3n) is 3.10. The quantitative estimate of drug-likeness (QED) is 0.807. The average Bonchev–Trinajstić information content (AvgIpc) is 2.20. The molecule has 0 spiro atoms. The number of halogens is 1. The smallest absolute Gasteiger partial charge is 0.217 e. The van der Waals surface area contributed by atoms with Crippen LogP contribution in [0, 0.1) is 5.92 Å². The Bertz CT molecular complexity index is 350. The Morgan fingerprint density at radius 2 is 2.12 bits per heavy atom. The zero-order valence-corrected chi connectivity index (χ0v) is 10.2. The van der Waals surface area contributed by atoms with Crippen molar-refractivity contribution in [1.29, 1.82) is 0 Å². The second-order valence-electron chi connectivity index (χ2n) is 4.48. The Hall–Kier alpha value is -0.960. The minimum atomic E-state index is 0.249. The molecule has 0 aliphatic heterocycles. The van der Waals surface area contributed by atoms with Crippen molar-refractivity contribution in [3.63, 3.8) is 0 Å². The monoisotopic (exact) mass is 240 g/mol. The summed E-state index contributed by atoms with van der Waals surface area (Å²) in [7, 11) is 0. The van der Waals surface area contributed by atoms with Crippen LogP contribution in [0.3, 0.4) is 0 Å². The number of aromatic nitrogens is 1. The van der Waals surface area contributed by atoms with E-state index >= 15 is 0 Å². The van der Waals surface area contributed by atoms with Crippen molar-refractivity contribution in [2.45, 2.75) is 38.7 Å². The Morgan fingerprint density at radius 3 is 2.81 bits per heavy atom. The van der Waals surface area contributed by atoms with Crippen LogP contribution in [0.1, 0.15) is 32.6 Å². The van der Waals surface area contributed by atoms with Gasteiger partial charge in [-0.3, -0.25) is 0 Å². The molecular formula is C12H17ClN2O. The normalized spacial score (nSPS) is 25.4. The first kappa shape index (κ1) is 11.5. The Balaban J connectivity index is 2.07. The van der Waals surface area contributed by atoms with Gasteiger partial charge in [0.25, 0.3) is 0 Å². The largest absolute Gasteiger partial charge is 0.474 e. The highest BCUT2D eigenvalue weighted by Gasteiger charge is 2.23. The lowest BCUT2D eigenvalue weighted by molar-refractivity contribution is 0.0977. The van der Waals surface area contributed by atoms with Gasteiger partial charge in [-0.2, -0.15) is 0 Å². The molecule has 1 heterocycles. The lowest BCUT2D eigenvalue weighted by Crippen LogP contribution is -2.28. The highest BCUT2D eigenvalue weighted by molar-refractivity contribution is 6.29. The SMILES string of the molecule is CC1CCCCC1Oc1cc(N)cc(Cl)n1. The number of ether oxygens (including phenoxy) is 1. The van der Waals surface area contributed by atoms with Gasteiger partial charge in [0.15, 0.2) is 0 Å². The fourth-order valence-electron chi connectivity index (χ4n) is 2.16. The van der Waals surface area contributed by atoms with E-state index in [2.05, 4.69) is 11.9 Å². The standard InChI is InChI=1S/C12H17ClN2O/c1-8-4-2-3-5-10(8)16-12-7-9(14)6-11(13)15-12/h6-8,10H,2-5H2,1H3,(H2,14,15). The average molecular weight is 241 g/mol. The number of nitrogen functional groups attached to an aromatic ring is 1. The highest BCUT2D eigenvalue weighted by atomic mass is 35.5. The summed E-state index contributed by atoms with van der Waals surface area (Å²) in [6, 6.07) is 3.35. The Kier molecular flexibility index (Phi) is 3.54. The summed E-state index contributed by atoms with van der Waals surface area (Å²) < 4.78 is 5.85. The molecule has 1 aromatic rings. The maximum atomic E-state index is 5.85. The van der Waals surface area contributed by atoms with Gasteiger partial charge in [0.05, 0.1) is 0 Å². The molecule has 2 unspecified atom stereocenters. The zero-order valence-electron chi connectivity index (χ0n) is 9.45. The first-order valence-corrected chi connectivity index (χ1v) is 6.12. The minimum absolute atomic E-state index is 0.249. The molecule has 3 nitrogen and oxygen atoms in total. The lowest BCUT2D eigenvalue weighted by Gasteiger charge is -2.28. The molecule has 0 saturated heterocycles. The van der Waals surface area contributed by atoms with Crippen LogP contribution in [0.2, 0.25) is 5.15 Å². The predicted molar refractivity (Wildman–Crippen MR) is 65.7 cm³/mol. The molecule has 0 aromatic carbocycles. The summed E-state index contributed by atoms with van der Waals surface area (Å²) in [5.41, 5.74) is 6.29. The van der Waals surface area contributed by atoms with Crippen LogP contribution in [0.15, 0.2) is 12.1 Å². The third-order valence-corrected chi connectivity index (χ3v) is 3.29. The molecule has 2 atom stereocenters. The van der Waals surface area contributed by atoms with Gasteiger partial charge >= 0.3 is 0 Å². The molecule has 4 heteroatoms. The van der Waals surface area contributed by atoms with Gasteiger partial charge in [-0.25, -0.2) is 4.98 Å². The number of hydrogen-bond donors (Lipinski definition) is 1. The second-order valence-corrected chi connectivity index (χ2v) is 4.87. The van der Waals surface area contributed by atoms with Crippen molar-refractivity contribution in [3.05, 3.63) is 17.3 Å². The molecule has 2 N–H and O–H groups in total. The van der Waals surface area contributed by atoms with E-state index < -0.39 is 0 Å². The van der Waals surface area contributed by atoms with Gasteiger partial charge in [-0.05, 0) is 31.2 Å². The molecule has 0 radical (unpaired) electrons. The molecular weight excluding hydrogens is 224 g/mol. The maximum absolute atomic E-state index is 5.85. The first-order valence-electron chi connectivity index (χ1n) is 5.75. The summed E-state index contributed by atoms with van der Waals surface area (Å²) >= 11 is 5.83. The molecule has 1 aliphatic rings. The highest BCUT2D eigenvalue weighted by Crippen LogP contribution is 2.28. The summed E-state index contributed by atoms with van der Waals surface area (Å²) in [6.45, 7) is 2.22. The number of hydrogen-bond acceptors (Lipinski definition) is 3. The molecule has 16 heavy (non-hydrogen) atoms. The van der Waals surface area contributed by atoms with Gasteiger partial charge in [-0.1, -0.05) is 24.9 Å². The Labute approximate surface area is 101 Å². The van der Waals surface area contributed by atoms with E-state index in [0.717, 1.165) is 6.42 Å². The summed E-state index contributed by atoms with van der Waals surface area (Å²) in [5, 5.41) is 0.387. The van der Waals surface area contributed by atoms with Crippen LogP contribution in [0.4, 0.5) is 5.69 Å². The maximum Gasteiger partial charge on any atom is 0.217 e. The van der Waals surface area contributed by atoms with Crippen molar-refractivity contribution in [3.8, 4) is 5.88 Å². The number of rotatable bonds is 2. The molecule has 0 amide bonds. The lowest BCUT2D eigenvalue weighted by atomic mass is 9.88. The van der Waals surface area contributed by atoms with Gasteiger partial charge < -0.3 is 10.5 Å². The van der Waals surface area contributed by atoms with E-state index in [-0.39, 0.29) is 6.10 Å². The number of anilines is 1. The zero-order chi connectivity index (χ0) is 11.5. The van der Waals surface area contributed by atoms with Crippen LogP contribution < -0.4 is 10.5 Å². The number of pyridine rings is 1. The van der Waals surface area contributed by atoms with Crippen molar-refractivity contribution >= 4 is 17.3 Å². The van der Waals surface area contributed by atoms with Crippen molar-refractivity contribution < 1.29 is 4.74 Å². The van der Waals surface area contributed by atoms with E-state index in [9.17, 15) is 0 Å². The topological polar surface area (TPSA) is 48.1 Å². The Morgan fingerprint density at radius 1 is 1.38 bits per heavy atom. The molecule has 88 valence electrons. The van der Waals surface area contributed by atoms with Gasteiger partial charge in [0.2, 0.25) is 5.88 Å². The van der Waals surface area contributed by atoms with Crippen molar-refractivity contribution in [2.75, 3.05) is 5.73 Å². The van der Waals surface area contributed by atoms with Crippen LogP contribution in [0.25, 0.3) is 0 Å². The van der Waals surface area contributed by atoms with E-state index in [1.807, 2.05) is 0 Å². The second kappa shape index (κ2) is 4.91. The summed E-state index contributed by atoms with van der Waals surface area (Å²) in [5.74, 6) is 1.12. The summed E-state index contributed by atoms with van der Waals surface area (Å²) in [6.07, 6.45) is 5.09. The van der Waals surface area contributed by atoms with Crippen LogP contribution >= 0.6 is 11.6 Å². The predicted octanol–water partition coefficient (Wildman–Crippen LogP) is 3.27. The van der Waals surface area contributed by atoms with Crippen LogP contribution in [-0.2, 0) is 0 Å².